The van der Waals surface area contributed by atoms with Crippen LogP contribution in [-0.2, 0) is 16.0 Å². The molecular weight excluding hydrogens is 278 g/mol. The monoisotopic (exact) mass is 303 g/mol. The fourth-order valence-electron chi connectivity index (χ4n) is 3.18. The molecular formula is C18H25NO3. The number of carbonyl (C=O) groups excluding carboxylic acids is 1. The van der Waals surface area contributed by atoms with Gasteiger partial charge in [0.25, 0.3) is 0 Å². The average Bonchev–Trinajstić information content (AvgIpc) is 2.56. The van der Waals surface area contributed by atoms with Crippen molar-refractivity contribution >= 4 is 11.9 Å². The van der Waals surface area contributed by atoms with E-state index in [9.17, 15) is 9.59 Å². The number of nitrogens with zero attached hydrogens (tertiary/aromatic N) is 1. The Bertz CT molecular complexity index is 492. The van der Waals surface area contributed by atoms with Crippen molar-refractivity contribution in [3.8, 4) is 0 Å². The topological polar surface area (TPSA) is 57.6 Å². The standard InChI is InChI=1S/C18H25NO3/c1-2-19(13-12-14-6-4-3-5-7-14)17(20)15-8-10-16(11-9-15)18(21)22/h3-7,15-16H,2,8-13H2,1H3,(H,21,22). The van der Waals surface area contributed by atoms with Crippen LogP contribution in [0, 0.1) is 11.8 Å². The second-order valence-corrected chi connectivity index (χ2v) is 6.04. The number of rotatable bonds is 6. The van der Waals surface area contributed by atoms with Gasteiger partial charge in [-0.05, 0) is 44.6 Å². The number of aliphatic carboxylic acids is 1. The molecule has 0 atom stereocenters. The van der Waals surface area contributed by atoms with E-state index in [4.69, 9.17) is 5.11 Å². The summed E-state index contributed by atoms with van der Waals surface area (Å²) >= 11 is 0. The Morgan fingerprint density at radius 1 is 1.09 bits per heavy atom. The van der Waals surface area contributed by atoms with E-state index in [1.807, 2.05) is 30.0 Å². The van der Waals surface area contributed by atoms with E-state index in [-0.39, 0.29) is 17.7 Å². The van der Waals surface area contributed by atoms with Crippen LogP contribution >= 0.6 is 0 Å². The van der Waals surface area contributed by atoms with Gasteiger partial charge in [0.05, 0.1) is 5.92 Å². The number of likely N-dealkylation sites (N-methyl/N-ethyl adjacent to an activating group) is 1. The van der Waals surface area contributed by atoms with Crippen molar-refractivity contribution in [3.63, 3.8) is 0 Å². The SMILES string of the molecule is CCN(CCc1ccccc1)C(=O)C1CCC(C(=O)O)CC1. The van der Waals surface area contributed by atoms with Gasteiger partial charge in [0, 0.05) is 19.0 Å². The number of carboxylic acids is 1. The van der Waals surface area contributed by atoms with Gasteiger partial charge in [0.2, 0.25) is 5.91 Å². The van der Waals surface area contributed by atoms with Crippen LogP contribution in [0.1, 0.15) is 38.2 Å². The van der Waals surface area contributed by atoms with Crippen molar-refractivity contribution in [1.29, 1.82) is 0 Å². The minimum atomic E-state index is -0.720. The number of carbonyl (C=O) groups is 2. The molecule has 1 aliphatic rings. The number of hydrogen-bond donors (Lipinski definition) is 1. The highest BCUT2D eigenvalue weighted by atomic mass is 16.4. The second kappa shape index (κ2) is 7.97. The van der Waals surface area contributed by atoms with E-state index in [0.717, 1.165) is 13.0 Å². The van der Waals surface area contributed by atoms with Crippen molar-refractivity contribution < 1.29 is 14.7 Å². The molecule has 1 N–H and O–H groups in total. The Kier molecular flexibility index (Phi) is 5.99. The highest BCUT2D eigenvalue weighted by molar-refractivity contribution is 5.79. The lowest BCUT2D eigenvalue weighted by molar-refractivity contribution is -0.145. The molecule has 0 radical (unpaired) electrons. The number of benzene rings is 1. The smallest absolute Gasteiger partial charge is 0.306 e. The fraction of sp³-hybridized carbons (Fsp3) is 0.556. The zero-order chi connectivity index (χ0) is 15.9. The largest absolute Gasteiger partial charge is 0.481 e. The molecule has 0 aromatic heterocycles. The molecule has 1 aliphatic carbocycles. The molecule has 1 aromatic rings. The summed E-state index contributed by atoms with van der Waals surface area (Å²) in [5, 5.41) is 9.03. The first-order chi connectivity index (χ1) is 10.6. The lowest BCUT2D eigenvalue weighted by Crippen LogP contribution is -2.39. The third-order valence-electron chi connectivity index (χ3n) is 4.63. The van der Waals surface area contributed by atoms with Crippen molar-refractivity contribution in [1.82, 2.24) is 4.90 Å². The predicted molar refractivity (Wildman–Crippen MR) is 85.5 cm³/mol. The van der Waals surface area contributed by atoms with Crippen LogP contribution < -0.4 is 0 Å². The summed E-state index contributed by atoms with van der Waals surface area (Å²) in [5.74, 6) is -0.778. The Morgan fingerprint density at radius 3 is 2.23 bits per heavy atom. The highest BCUT2D eigenvalue weighted by Gasteiger charge is 2.31. The quantitative estimate of drug-likeness (QED) is 0.879. The Labute approximate surface area is 132 Å². The van der Waals surface area contributed by atoms with Gasteiger partial charge in [-0.15, -0.1) is 0 Å². The van der Waals surface area contributed by atoms with E-state index in [2.05, 4.69) is 12.1 Å². The Balaban J connectivity index is 1.85. The van der Waals surface area contributed by atoms with Crippen LogP contribution in [0.25, 0.3) is 0 Å². The second-order valence-electron chi connectivity index (χ2n) is 6.04. The summed E-state index contributed by atoms with van der Waals surface area (Å²) in [6.45, 7) is 3.45. The Hall–Kier alpha value is -1.84. The third kappa shape index (κ3) is 4.33. The summed E-state index contributed by atoms with van der Waals surface area (Å²) in [6, 6.07) is 10.2. The molecule has 4 heteroatoms. The van der Waals surface area contributed by atoms with E-state index in [1.54, 1.807) is 0 Å². The van der Waals surface area contributed by atoms with Gasteiger partial charge in [0.15, 0.2) is 0 Å². The van der Waals surface area contributed by atoms with Gasteiger partial charge in [0.1, 0.15) is 0 Å². The first-order valence-electron chi connectivity index (χ1n) is 8.17. The van der Waals surface area contributed by atoms with Crippen molar-refractivity contribution in [3.05, 3.63) is 35.9 Å². The summed E-state index contributed by atoms with van der Waals surface area (Å²) in [5.41, 5.74) is 1.24. The van der Waals surface area contributed by atoms with Crippen molar-refractivity contribution in [2.24, 2.45) is 11.8 Å². The summed E-state index contributed by atoms with van der Waals surface area (Å²) in [6.07, 6.45) is 3.53. The summed E-state index contributed by atoms with van der Waals surface area (Å²) < 4.78 is 0. The first kappa shape index (κ1) is 16.5. The summed E-state index contributed by atoms with van der Waals surface area (Å²) in [7, 11) is 0. The maximum absolute atomic E-state index is 12.6. The van der Waals surface area contributed by atoms with E-state index >= 15 is 0 Å². The lowest BCUT2D eigenvalue weighted by Gasteiger charge is -2.30. The molecule has 4 nitrogen and oxygen atoms in total. The van der Waals surface area contributed by atoms with Crippen LogP contribution in [0.5, 0.6) is 0 Å². The lowest BCUT2D eigenvalue weighted by atomic mass is 9.81. The normalized spacial score (nSPS) is 21.3. The van der Waals surface area contributed by atoms with Gasteiger partial charge in [-0.25, -0.2) is 0 Å². The van der Waals surface area contributed by atoms with Crippen LogP contribution in [0.3, 0.4) is 0 Å². The number of carboxylic acid groups (broad SMARTS) is 1. The first-order valence-corrected chi connectivity index (χ1v) is 8.17. The fourth-order valence-corrected chi connectivity index (χ4v) is 3.18. The molecule has 0 aliphatic heterocycles. The number of amides is 1. The van der Waals surface area contributed by atoms with Crippen LogP contribution in [0.15, 0.2) is 30.3 Å². The molecule has 22 heavy (non-hydrogen) atoms. The van der Waals surface area contributed by atoms with Gasteiger partial charge in [-0.2, -0.15) is 0 Å². The predicted octanol–water partition coefficient (Wildman–Crippen LogP) is 2.97. The summed E-state index contributed by atoms with van der Waals surface area (Å²) in [4.78, 5) is 25.5. The minimum Gasteiger partial charge on any atom is -0.481 e. The molecule has 1 saturated carbocycles. The third-order valence-corrected chi connectivity index (χ3v) is 4.63. The number of hydrogen-bond acceptors (Lipinski definition) is 2. The van der Waals surface area contributed by atoms with Gasteiger partial charge < -0.3 is 10.0 Å². The average molecular weight is 303 g/mol. The van der Waals surface area contributed by atoms with E-state index in [1.165, 1.54) is 5.56 Å². The molecule has 0 spiro atoms. The van der Waals surface area contributed by atoms with Crippen LogP contribution in [-0.4, -0.2) is 35.0 Å². The molecule has 120 valence electrons. The molecule has 1 amide bonds. The van der Waals surface area contributed by atoms with Crippen LogP contribution in [0.4, 0.5) is 0 Å². The Morgan fingerprint density at radius 2 is 1.68 bits per heavy atom. The van der Waals surface area contributed by atoms with Gasteiger partial charge in [-0.3, -0.25) is 9.59 Å². The molecule has 0 bridgehead atoms. The molecule has 0 heterocycles. The zero-order valence-electron chi connectivity index (χ0n) is 13.2. The zero-order valence-corrected chi connectivity index (χ0v) is 13.2. The van der Waals surface area contributed by atoms with Gasteiger partial charge >= 0.3 is 5.97 Å². The van der Waals surface area contributed by atoms with Crippen molar-refractivity contribution in [2.45, 2.75) is 39.0 Å². The molecule has 1 aromatic carbocycles. The molecule has 1 fully saturated rings. The maximum atomic E-state index is 12.6. The molecule has 2 rings (SSSR count). The van der Waals surface area contributed by atoms with Crippen molar-refractivity contribution in [2.75, 3.05) is 13.1 Å². The highest BCUT2D eigenvalue weighted by Crippen LogP contribution is 2.30. The van der Waals surface area contributed by atoms with E-state index < -0.39 is 5.97 Å². The maximum Gasteiger partial charge on any atom is 0.306 e. The van der Waals surface area contributed by atoms with Gasteiger partial charge in [-0.1, -0.05) is 30.3 Å². The molecule has 0 unspecified atom stereocenters. The van der Waals surface area contributed by atoms with E-state index in [0.29, 0.717) is 32.2 Å². The molecule has 0 saturated heterocycles. The van der Waals surface area contributed by atoms with Crippen LogP contribution in [0.2, 0.25) is 0 Å². The minimum absolute atomic E-state index is 0.00585.